The van der Waals surface area contributed by atoms with Crippen molar-refractivity contribution in [3.63, 3.8) is 0 Å². The van der Waals surface area contributed by atoms with Crippen LogP contribution in [0.3, 0.4) is 0 Å². The molecule has 114 valence electrons. The first-order valence-electron chi connectivity index (χ1n) is 8.26. The van der Waals surface area contributed by atoms with E-state index in [0.717, 1.165) is 13.2 Å². The van der Waals surface area contributed by atoms with Gasteiger partial charge in [-0.05, 0) is 69.4 Å². The van der Waals surface area contributed by atoms with Crippen molar-refractivity contribution in [3.8, 4) is 0 Å². The number of hydrogen-bond donors (Lipinski definition) is 1. The molecule has 2 nitrogen and oxygen atoms in total. The molecule has 1 aromatic rings. The molecular weight excluding hydrogens is 266 g/mol. The molecule has 2 rings (SSSR count). The molecule has 1 N–H and O–H groups in total. The van der Waals surface area contributed by atoms with Crippen molar-refractivity contribution in [2.75, 3.05) is 13.2 Å². The van der Waals surface area contributed by atoms with Gasteiger partial charge in [0, 0.05) is 17.5 Å². The van der Waals surface area contributed by atoms with Gasteiger partial charge >= 0.3 is 0 Å². The molecule has 0 aromatic carbocycles. The van der Waals surface area contributed by atoms with Crippen LogP contribution in [0.2, 0.25) is 0 Å². The van der Waals surface area contributed by atoms with Crippen LogP contribution in [-0.4, -0.2) is 25.3 Å². The highest BCUT2D eigenvalue weighted by Gasteiger charge is 2.17. The summed E-state index contributed by atoms with van der Waals surface area (Å²) < 4.78 is 5.75. The molecule has 0 spiro atoms. The summed E-state index contributed by atoms with van der Waals surface area (Å²) in [5.74, 6) is 0. The van der Waals surface area contributed by atoms with E-state index in [9.17, 15) is 0 Å². The van der Waals surface area contributed by atoms with Gasteiger partial charge < -0.3 is 10.1 Å². The van der Waals surface area contributed by atoms with Gasteiger partial charge in [0.1, 0.15) is 0 Å². The molecule has 1 aromatic heterocycles. The third kappa shape index (κ3) is 5.94. The fourth-order valence-corrected chi connectivity index (χ4v) is 3.68. The van der Waals surface area contributed by atoms with Crippen molar-refractivity contribution in [3.05, 3.63) is 22.4 Å². The minimum Gasteiger partial charge on any atom is -0.378 e. The van der Waals surface area contributed by atoms with Crippen LogP contribution in [0.25, 0.3) is 0 Å². The summed E-state index contributed by atoms with van der Waals surface area (Å²) in [4.78, 5) is 1.53. The lowest BCUT2D eigenvalue weighted by atomic mass is 10.0. The Bertz CT molecular complexity index is 333. The zero-order valence-corrected chi connectivity index (χ0v) is 13.6. The van der Waals surface area contributed by atoms with E-state index in [1.807, 2.05) is 11.3 Å². The molecule has 0 amide bonds. The Morgan fingerprint density at radius 3 is 3.10 bits per heavy atom. The highest BCUT2D eigenvalue weighted by molar-refractivity contribution is 7.09. The Labute approximate surface area is 127 Å². The average Bonchev–Trinajstić information content (AvgIpc) is 3.14. The molecule has 0 aliphatic carbocycles. The van der Waals surface area contributed by atoms with E-state index in [1.54, 1.807) is 0 Å². The number of nitrogens with one attached hydrogen (secondary N) is 1. The maximum Gasteiger partial charge on any atom is 0.0576 e. The number of hydrogen-bond acceptors (Lipinski definition) is 3. The Kier molecular flexibility index (Phi) is 7.63. The summed E-state index contributed by atoms with van der Waals surface area (Å²) in [7, 11) is 0. The van der Waals surface area contributed by atoms with Crippen LogP contribution in [0.1, 0.15) is 56.7 Å². The third-order valence-electron chi connectivity index (χ3n) is 4.10. The molecule has 0 bridgehead atoms. The van der Waals surface area contributed by atoms with E-state index in [4.69, 9.17) is 4.74 Å². The van der Waals surface area contributed by atoms with E-state index in [0.29, 0.717) is 12.1 Å². The van der Waals surface area contributed by atoms with Gasteiger partial charge in [-0.25, -0.2) is 0 Å². The zero-order valence-electron chi connectivity index (χ0n) is 12.8. The monoisotopic (exact) mass is 295 g/mol. The van der Waals surface area contributed by atoms with Crippen molar-refractivity contribution >= 4 is 11.3 Å². The molecule has 0 radical (unpaired) electrons. The standard InChI is InChI=1S/C17H29NOS/c1-2-12-18-15(10-11-16-7-4-13-19-16)6-3-8-17-9-5-14-20-17/h5,9,14-16,18H,2-4,6-8,10-13H2,1H3. The first-order valence-corrected chi connectivity index (χ1v) is 9.14. The van der Waals surface area contributed by atoms with E-state index < -0.39 is 0 Å². The predicted molar refractivity (Wildman–Crippen MR) is 87.5 cm³/mol. The SMILES string of the molecule is CCCNC(CCCc1cccs1)CCC1CCCO1. The molecule has 2 unspecified atom stereocenters. The van der Waals surface area contributed by atoms with E-state index >= 15 is 0 Å². The van der Waals surface area contributed by atoms with Crippen LogP contribution in [0.15, 0.2) is 17.5 Å². The van der Waals surface area contributed by atoms with Crippen LogP contribution in [-0.2, 0) is 11.2 Å². The maximum absolute atomic E-state index is 5.75. The fraction of sp³-hybridized carbons (Fsp3) is 0.765. The van der Waals surface area contributed by atoms with Gasteiger partial charge in [0.2, 0.25) is 0 Å². The lowest BCUT2D eigenvalue weighted by Crippen LogP contribution is -2.30. The predicted octanol–water partition coefficient (Wildman–Crippen LogP) is 4.40. The van der Waals surface area contributed by atoms with E-state index in [-0.39, 0.29) is 0 Å². The van der Waals surface area contributed by atoms with Gasteiger partial charge in [-0.2, -0.15) is 0 Å². The summed E-state index contributed by atoms with van der Waals surface area (Å²) in [5, 5.41) is 5.90. The van der Waals surface area contributed by atoms with Gasteiger partial charge in [0.25, 0.3) is 0 Å². The van der Waals surface area contributed by atoms with Gasteiger partial charge in [0.15, 0.2) is 0 Å². The van der Waals surface area contributed by atoms with Crippen LogP contribution in [0.5, 0.6) is 0 Å². The topological polar surface area (TPSA) is 21.3 Å². The van der Waals surface area contributed by atoms with Crippen LogP contribution in [0, 0.1) is 0 Å². The minimum absolute atomic E-state index is 0.540. The molecule has 2 atom stereocenters. The van der Waals surface area contributed by atoms with Crippen molar-refractivity contribution in [1.82, 2.24) is 5.32 Å². The molecule has 3 heteroatoms. The third-order valence-corrected chi connectivity index (χ3v) is 5.04. The Morgan fingerprint density at radius 1 is 1.45 bits per heavy atom. The lowest BCUT2D eigenvalue weighted by Gasteiger charge is -2.20. The molecule has 1 aliphatic heterocycles. The molecule has 2 heterocycles. The second kappa shape index (κ2) is 9.54. The average molecular weight is 295 g/mol. The normalized spacial score (nSPS) is 20.4. The van der Waals surface area contributed by atoms with Crippen molar-refractivity contribution in [2.45, 2.75) is 70.4 Å². The minimum atomic E-state index is 0.540. The van der Waals surface area contributed by atoms with Gasteiger partial charge in [-0.1, -0.05) is 13.0 Å². The van der Waals surface area contributed by atoms with E-state index in [1.165, 1.54) is 56.2 Å². The maximum atomic E-state index is 5.75. The number of thiophene rings is 1. The summed E-state index contributed by atoms with van der Waals surface area (Å²) in [6.07, 6.45) is 10.6. The molecule has 1 fully saturated rings. The summed E-state index contributed by atoms with van der Waals surface area (Å²) in [6, 6.07) is 5.09. The Hall–Kier alpha value is -0.380. The summed E-state index contributed by atoms with van der Waals surface area (Å²) in [5.41, 5.74) is 0. The van der Waals surface area contributed by atoms with Crippen molar-refractivity contribution in [2.24, 2.45) is 0 Å². The van der Waals surface area contributed by atoms with Crippen molar-refractivity contribution < 1.29 is 4.74 Å². The molecule has 20 heavy (non-hydrogen) atoms. The zero-order chi connectivity index (χ0) is 14.0. The number of ether oxygens (including phenoxy) is 1. The van der Waals surface area contributed by atoms with Crippen LogP contribution in [0.4, 0.5) is 0 Å². The molecule has 1 aliphatic rings. The van der Waals surface area contributed by atoms with Crippen molar-refractivity contribution in [1.29, 1.82) is 0 Å². The summed E-state index contributed by atoms with van der Waals surface area (Å²) >= 11 is 1.89. The first-order chi connectivity index (χ1) is 9.88. The second-order valence-electron chi connectivity index (χ2n) is 5.84. The molecular formula is C17H29NOS. The lowest BCUT2D eigenvalue weighted by molar-refractivity contribution is 0.0992. The highest BCUT2D eigenvalue weighted by atomic mass is 32.1. The fourth-order valence-electron chi connectivity index (χ4n) is 2.93. The Morgan fingerprint density at radius 2 is 2.40 bits per heavy atom. The summed E-state index contributed by atoms with van der Waals surface area (Å²) in [6.45, 7) is 4.38. The Balaban J connectivity index is 1.65. The molecule has 1 saturated heterocycles. The van der Waals surface area contributed by atoms with Crippen LogP contribution < -0.4 is 5.32 Å². The number of aryl methyl sites for hydroxylation is 1. The van der Waals surface area contributed by atoms with Crippen LogP contribution >= 0.6 is 11.3 Å². The first kappa shape index (κ1) is 16.0. The largest absolute Gasteiger partial charge is 0.378 e. The van der Waals surface area contributed by atoms with E-state index in [2.05, 4.69) is 29.8 Å². The van der Waals surface area contributed by atoms with Gasteiger partial charge in [-0.3, -0.25) is 0 Å². The second-order valence-corrected chi connectivity index (χ2v) is 6.87. The molecule has 0 saturated carbocycles. The van der Waals surface area contributed by atoms with Gasteiger partial charge in [-0.15, -0.1) is 11.3 Å². The van der Waals surface area contributed by atoms with Gasteiger partial charge in [0.05, 0.1) is 6.10 Å². The smallest absolute Gasteiger partial charge is 0.0576 e. The number of rotatable bonds is 10. The highest BCUT2D eigenvalue weighted by Crippen LogP contribution is 2.20. The quantitative estimate of drug-likeness (QED) is 0.691.